The van der Waals surface area contributed by atoms with Crippen LogP contribution in [0.15, 0.2) is 63.9 Å². The summed E-state index contributed by atoms with van der Waals surface area (Å²) in [5.74, 6) is -0.230. The number of nitrogens with zero attached hydrogens (tertiary/aromatic N) is 4. The lowest BCUT2D eigenvalue weighted by Gasteiger charge is -2.19. The van der Waals surface area contributed by atoms with E-state index in [1.54, 1.807) is 24.3 Å². The smallest absolute Gasteiger partial charge is 0.322 e. The fourth-order valence-electron chi connectivity index (χ4n) is 2.98. The number of aryl methyl sites for hydroxylation is 2. The van der Waals surface area contributed by atoms with Gasteiger partial charge in [-0.1, -0.05) is 23.3 Å². The highest BCUT2D eigenvalue weighted by atomic mass is 32.2. The van der Waals surface area contributed by atoms with Crippen LogP contribution in [-0.4, -0.2) is 36.6 Å². The first kappa shape index (κ1) is 21.7. The van der Waals surface area contributed by atoms with E-state index in [2.05, 4.69) is 20.5 Å². The summed E-state index contributed by atoms with van der Waals surface area (Å²) in [5.41, 5.74) is 1.55. The molecule has 4 aromatic rings. The van der Waals surface area contributed by atoms with Crippen LogP contribution >= 0.6 is 11.3 Å². The van der Waals surface area contributed by atoms with Crippen LogP contribution in [0.2, 0.25) is 0 Å². The molecule has 0 fully saturated rings. The predicted octanol–water partition coefficient (Wildman–Crippen LogP) is 3.89. The molecule has 0 unspecified atom stereocenters. The van der Waals surface area contributed by atoms with E-state index in [-0.39, 0.29) is 22.4 Å². The van der Waals surface area contributed by atoms with E-state index in [1.807, 2.05) is 19.9 Å². The van der Waals surface area contributed by atoms with Gasteiger partial charge in [-0.2, -0.15) is 0 Å². The highest BCUT2D eigenvalue weighted by Crippen LogP contribution is 2.29. The number of thiazole rings is 1. The average Bonchev–Trinajstić information content (AvgIpc) is 3.39. The van der Waals surface area contributed by atoms with Gasteiger partial charge in [0.25, 0.3) is 21.8 Å². The summed E-state index contributed by atoms with van der Waals surface area (Å²) >= 11 is 1.42. The quantitative estimate of drug-likeness (QED) is 0.455. The van der Waals surface area contributed by atoms with Crippen molar-refractivity contribution in [2.75, 3.05) is 16.7 Å². The van der Waals surface area contributed by atoms with Crippen LogP contribution in [-0.2, 0) is 10.0 Å². The Morgan fingerprint density at radius 1 is 1.03 bits per heavy atom. The molecule has 0 aliphatic carbocycles. The molecule has 0 radical (unpaired) electrons. The molecular formula is C21H19N5O4S2. The maximum Gasteiger partial charge on any atom is 0.322 e. The van der Waals surface area contributed by atoms with Crippen LogP contribution in [0.4, 0.5) is 11.7 Å². The first-order valence-electron chi connectivity index (χ1n) is 9.49. The highest BCUT2D eigenvalue weighted by Gasteiger charge is 2.22. The molecule has 0 aliphatic heterocycles. The third-order valence-corrected chi connectivity index (χ3v) is 7.50. The van der Waals surface area contributed by atoms with Crippen LogP contribution in [0.25, 0.3) is 10.8 Å². The van der Waals surface area contributed by atoms with Crippen molar-refractivity contribution in [3.63, 3.8) is 0 Å². The third-order valence-electron chi connectivity index (χ3n) is 4.64. The predicted molar refractivity (Wildman–Crippen MR) is 121 cm³/mol. The lowest BCUT2D eigenvalue weighted by Crippen LogP contribution is -2.26. The summed E-state index contributed by atoms with van der Waals surface area (Å²) in [6, 6.07) is 14.3. The number of carbonyl (C=O) groups is 1. The van der Waals surface area contributed by atoms with E-state index < -0.39 is 15.9 Å². The summed E-state index contributed by atoms with van der Waals surface area (Å²) < 4.78 is 32.4. The normalized spacial score (nSPS) is 11.3. The molecular weight excluding hydrogens is 450 g/mol. The zero-order valence-corrected chi connectivity index (χ0v) is 19.1. The number of sulfonamides is 1. The number of anilines is 2. The summed E-state index contributed by atoms with van der Waals surface area (Å²) in [6.45, 7) is 3.72. The minimum absolute atomic E-state index is 0.0593. The molecule has 2 aromatic heterocycles. The van der Waals surface area contributed by atoms with E-state index in [1.165, 1.54) is 47.0 Å². The molecule has 1 amide bonds. The summed E-state index contributed by atoms with van der Waals surface area (Å²) in [6.07, 6.45) is 0. The number of carbonyl (C=O) groups excluding carboxylic acids is 1. The summed E-state index contributed by atoms with van der Waals surface area (Å²) in [4.78, 5) is 17.7. The number of amides is 1. The molecule has 2 heterocycles. The molecule has 11 heteroatoms. The molecule has 2 aromatic carbocycles. The molecule has 1 N–H and O–H groups in total. The Kier molecular flexibility index (Phi) is 5.76. The SMILES string of the molecule is Cc1nc(C)c(-c2nnc(NC(=O)c3ccc(S(=O)(=O)N(C)c4ccccc4)cc3)o2)s1. The van der Waals surface area contributed by atoms with Crippen LogP contribution in [0.3, 0.4) is 0 Å². The number of hydrogen-bond acceptors (Lipinski definition) is 8. The summed E-state index contributed by atoms with van der Waals surface area (Å²) in [5, 5.41) is 11.2. The van der Waals surface area contributed by atoms with Crippen molar-refractivity contribution in [1.29, 1.82) is 0 Å². The topological polar surface area (TPSA) is 118 Å². The highest BCUT2D eigenvalue weighted by molar-refractivity contribution is 7.92. The first-order valence-corrected chi connectivity index (χ1v) is 11.7. The van der Waals surface area contributed by atoms with Crippen molar-refractivity contribution >= 4 is 39.0 Å². The monoisotopic (exact) mass is 469 g/mol. The van der Waals surface area contributed by atoms with Gasteiger partial charge in [-0.25, -0.2) is 13.4 Å². The largest absolute Gasteiger partial charge is 0.402 e. The summed E-state index contributed by atoms with van der Waals surface area (Å²) in [7, 11) is -2.29. The lowest BCUT2D eigenvalue weighted by atomic mass is 10.2. The molecule has 4 rings (SSSR count). The van der Waals surface area contributed by atoms with Crippen molar-refractivity contribution in [2.24, 2.45) is 0 Å². The van der Waals surface area contributed by atoms with E-state index in [9.17, 15) is 13.2 Å². The van der Waals surface area contributed by atoms with E-state index >= 15 is 0 Å². The van der Waals surface area contributed by atoms with Gasteiger partial charge in [0.15, 0.2) is 0 Å². The molecule has 0 spiro atoms. The van der Waals surface area contributed by atoms with Crippen molar-refractivity contribution < 1.29 is 17.6 Å². The van der Waals surface area contributed by atoms with Crippen LogP contribution in [0.5, 0.6) is 0 Å². The molecule has 9 nitrogen and oxygen atoms in total. The fraction of sp³-hybridized carbons (Fsp3) is 0.143. The van der Waals surface area contributed by atoms with Gasteiger partial charge >= 0.3 is 6.01 Å². The minimum atomic E-state index is -3.77. The number of nitrogens with one attached hydrogen (secondary N) is 1. The molecule has 32 heavy (non-hydrogen) atoms. The van der Waals surface area contributed by atoms with Gasteiger partial charge in [0.2, 0.25) is 0 Å². The van der Waals surface area contributed by atoms with Crippen molar-refractivity contribution in [2.45, 2.75) is 18.7 Å². The number of aromatic nitrogens is 3. The molecule has 0 aliphatic rings. The second-order valence-corrected chi connectivity index (χ2v) is 10.0. The Morgan fingerprint density at radius 3 is 2.34 bits per heavy atom. The average molecular weight is 470 g/mol. The number of para-hydroxylation sites is 1. The maximum absolute atomic E-state index is 12.9. The number of rotatable bonds is 6. The Bertz CT molecular complexity index is 1360. The number of hydrogen-bond donors (Lipinski definition) is 1. The van der Waals surface area contributed by atoms with Crippen LogP contribution in [0, 0.1) is 13.8 Å². The Hall–Kier alpha value is -3.57. The van der Waals surface area contributed by atoms with E-state index in [4.69, 9.17) is 4.42 Å². The van der Waals surface area contributed by atoms with E-state index in [0.29, 0.717) is 5.69 Å². The standard InChI is InChI=1S/C21H19N5O4S2/c1-13-18(31-14(2)22-13)20-24-25-21(30-20)23-19(27)15-9-11-17(12-10-15)32(28,29)26(3)16-7-5-4-6-8-16/h4-12H,1-3H3,(H,23,25,27). The van der Waals surface area contributed by atoms with Crippen molar-refractivity contribution in [1.82, 2.24) is 15.2 Å². The molecule has 164 valence electrons. The number of benzene rings is 2. The Morgan fingerprint density at radius 2 is 1.72 bits per heavy atom. The van der Waals surface area contributed by atoms with Gasteiger partial charge in [-0.05, 0) is 50.2 Å². The molecule has 0 saturated carbocycles. The Labute approximate surface area is 188 Å². The fourth-order valence-corrected chi connectivity index (χ4v) is 5.01. The van der Waals surface area contributed by atoms with Crippen LogP contribution in [0.1, 0.15) is 21.1 Å². The molecule has 0 bridgehead atoms. The lowest BCUT2D eigenvalue weighted by molar-refractivity contribution is 0.102. The van der Waals surface area contributed by atoms with Gasteiger partial charge in [-0.3, -0.25) is 14.4 Å². The molecule has 0 saturated heterocycles. The minimum Gasteiger partial charge on any atom is -0.402 e. The van der Waals surface area contributed by atoms with Crippen LogP contribution < -0.4 is 9.62 Å². The zero-order valence-electron chi connectivity index (χ0n) is 17.4. The third kappa shape index (κ3) is 4.25. The second-order valence-electron chi connectivity index (χ2n) is 6.85. The first-order chi connectivity index (χ1) is 15.3. The van der Waals surface area contributed by atoms with Gasteiger partial charge in [0.05, 0.1) is 21.3 Å². The second kappa shape index (κ2) is 8.52. The Balaban J connectivity index is 1.49. The van der Waals surface area contributed by atoms with Crippen molar-refractivity contribution in [3.05, 3.63) is 70.9 Å². The van der Waals surface area contributed by atoms with E-state index in [0.717, 1.165) is 15.6 Å². The van der Waals surface area contributed by atoms with Gasteiger partial charge < -0.3 is 4.42 Å². The maximum atomic E-state index is 12.9. The van der Waals surface area contributed by atoms with Gasteiger partial charge in [-0.15, -0.1) is 16.4 Å². The van der Waals surface area contributed by atoms with Gasteiger partial charge in [0, 0.05) is 12.6 Å². The van der Waals surface area contributed by atoms with Gasteiger partial charge in [0.1, 0.15) is 4.88 Å². The molecule has 0 atom stereocenters. The zero-order chi connectivity index (χ0) is 22.9. The van der Waals surface area contributed by atoms with Crippen molar-refractivity contribution in [3.8, 4) is 10.8 Å².